The molecule has 1 saturated heterocycles. The third-order valence-corrected chi connectivity index (χ3v) is 3.22. The van der Waals surface area contributed by atoms with Crippen molar-refractivity contribution in [3.63, 3.8) is 0 Å². The average molecular weight is 267 g/mol. The molecule has 0 aliphatic carbocycles. The second-order valence-electron chi connectivity index (χ2n) is 3.40. The van der Waals surface area contributed by atoms with Gasteiger partial charge in [0.15, 0.2) is 5.17 Å². The number of nitro groups is 1. The summed E-state index contributed by atoms with van der Waals surface area (Å²) in [6, 6.07) is 2.64. The number of likely N-dealkylation sites (N-methyl/N-ethyl adjacent to an activating group) is 1. The third-order valence-electron chi connectivity index (χ3n) is 2.29. The molecule has 1 aromatic rings. The van der Waals surface area contributed by atoms with Crippen molar-refractivity contribution in [2.75, 3.05) is 6.54 Å². The Morgan fingerprint density at radius 1 is 1.61 bits per heavy atom. The highest BCUT2D eigenvalue weighted by Crippen LogP contribution is 2.32. The first kappa shape index (κ1) is 12.4. The van der Waals surface area contributed by atoms with Crippen LogP contribution in [0.2, 0.25) is 0 Å². The van der Waals surface area contributed by atoms with Gasteiger partial charge in [-0.15, -0.1) is 0 Å². The fourth-order valence-corrected chi connectivity index (χ4v) is 2.36. The molecule has 1 N–H and O–H groups in total. The first-order chi connectivity index (χ1) is 8.52. The van der Waals surface area contributed by atoms with Gasteiger partial charge in [0.25, 0.3) is 5.91 Å². The van der Waals surface area contributed by atoms with Gasteiger partial charge in [0, 0.05) is 12.6 Å². The molecule has 0 unspecified atom stereocenters. The monoisotopic (exact) mass is 267 g/mol. The molecule has 1 aromatic heterocycles. The Morgan fingerprint density at radius 3 is 2.83 bits per heavy atom. The molecule has 0 saturated carbocycles. The SMILES string of the molecule is CCN1C(=N)SC(=Cc2ccc([N+](=O)[O-])o2)C1=O. The fraction of sp³-hybridized carbons (Fsp3) is 0.200. The third kappa shape index (κ3) is 2.14. The Hall–Kier alpha value is -2.09. The lowest BCUT2D eigenvalue weighted by atomic mass is 10.3. The second-order valence-corrected chi connectivity index (χ2v) is 4.43. The largest absolute Gasteiger partial charge is 0.433 e. The Balaban J connectivity index is 2.26. The van der Waals surface area contributed by atoms with Gasteiger partial charge in [-0.1, -0.05) is 0 Å². The number of nitrogens with one attached hydrogen (secondary N) is 1. The van der Waals surface area contributed by atoms with Crippen LogP contribution in [-0.4, -0.2) is 27.4 Å². The molecule has 0 aromatic carbocycles. The number of furan rings is 1. The summed E-state index contributed by atoms with van der Waals surface area (Å²) in [5, 5.41) is 18.2. The van der Waals surface area contributed by atoms with Gasteiger partial charge in [-0.3, -0.25) is 25.2 Å². The van der Waals surface area contributed by atoms with Crippen molar-refractivity contribution >= 4 is 34.8 Å². The van der Waals surface area contributed by atoms with Crippen molar-refractivity contribution < 1.29 is 14.1 Å². The van der Waals surface area contributed by atoms with Crippen LogP contribution >= 0.6 is 11.8 Å². The van der Waals surface area contributed by atoms with Gasteiger partial charge in [-0.25, -0.2) is 0 Å². The molecule has 0 bridgehead atoms. The topological polar surface area (TPSA) is 100 Å². The zero-order valence-corrected chi connectivity index (χ0v) is 10.2. The van der Waals surface area contributed by atoms with Gasteiger partial charge in [0.2, 0.25) is 0 Å². The van der Waals surface area contributed by atoms with Crippen LogP contribution in [0.1, 0.15) is 12.7 Å². The van der Waals surface area contributed by atoms with Gasteiger partial charge in [0.1, 0.15) is 10.7 Å². The quantitative estimate of drug-likeness (QED) is 0.513. The van der Waals surface area contributed by atoms with Crippen molar-refractivity contribution in [1.82, 2.24) is 4.90 Å². The molecule has 0 radical (unpaired) electrons. The van der Waals surface area contributed by atoms with Crippen LogP contribution < -0.4 is 0 Å². The molecule has 7 nitrogen and oxygen atoms in total. The van der Waals surface area contributed by atoms with Crippen molar-refractivity contribution in [3.8, 4) is 0 Å². The summed E-state index contributed by atoms with van der Waals surface area (Å²) in [7, 11) is 0. The smallest absolute Gasteiger partial charge is 0.401 e. The molecule has 18 heavy (non-hydrogen) atoms. The van der Waals surface area contributed by atoms with E-state index in [4.69, 9.17) is 9.83 Å². The first-order valence-electron chi connectivity index (χ1n) is 5.07. The van der Waals surface area contributed by atoms with E-state index in [1.165, 1.54) is 23.1 Å². The van der Waals surface area contributed by atoms with Gasteiger partial charge in [-0.2, -0.15) is 0 Å². The maximum absolute atomic E-state index is 11.8. The number of thioether (sulfide) groups is 1. The summed E-state index contributed by atoms with van der Waals surface area (Å²) >= 11 is 1.01. The second kappa shape index (κ2) is 4.65. The summed E-state index contributed by atoms with van der Waals surface area (Å²) in [5.74, 6) is -0.436. The summed E-state index contributed by atoms with van der Waals surface area (Å²) < 4.78 is 4.93. The zero-order valence-electron chi connectivity index (χ0n) is 9.37. The maximum Gasteiger partial charge on any atom is 0.433 e. The Kier molecular flexibility index (Phi) is 3.19. The highest BCUT2D eigenvalue weighted by atomic mass is 32.2. The molecule has 1 aliphatic rings. The molecular formula is C10H9N3O4S. The number of amides is 1. The van der Waals surface area contributed by atoms with Gasteiger partial charge in [-0.05, 0) is 24.8 Å². The van der Waals surface area contributed by atoms with E-state index in [1.807, 2.05) is 0 Å². The number of carbonyl (C=O) groups excluding carboxylic acids is 1. The van der Waals surface area contributed by atoms with Crippen molar-refractivity contribution in [2.45, 2.75) is 6.92 Å². The van der Waals surface area contributed by atoms with Crippen LogP contribution in [-0.2, 0) is 4.79 Å². The van der Waals surface area contributed by atoms with Crippen molar-refractivity contribution in [2.24, 2.45) is 0 Å². The van der Waals surface area contributed by atoms with Crippen molar-refractivity contribution in [1.29, 1.82) is 5.41 Å². The van der Waals surface area contributed by atoms with E-state index >= 15 is 0 Å². The molecule has 2 rings (SSSR count). The van der Waals surface area contributed by atoms with Gasteiger partial charge >= 0.3 is 5.88 Å². The standard InChI is InChI=1S/C10H9N3O4S/c1-2-12-9(14)7(18-10(12)11)5-6-3-4-8(17-6)13(15)16/h3-5,11H,2H2,1H3. The van der Waals surface area contributed by atoms with Crippen LogP contribution in [0.3, 0.4) is 0 Å². The van der Waals surface area contributed by atoms with E-state index in [-0.39, 0.29) is 22.7 Å². The molecule has 94 valence electrons. The summed E-state index contributed by atoms with van der Waals surface area (Å²) in [6.07, 6.45) is 1.41. The normalized spacial score (nSPS) is 17.8. The lowest BCUT2D eigenvalue weighted by Gasteiger charge is -2.09. The molecule has 2 heterocycles. The molecule has 8 heteroatoms. The highest BCUT2D eigenvalue weighted by molar-refractivity contribution is 8.18. The van der Waals surface area contributed by atoms with Gasteiger partial charge < -0.3 is 4.42 Å². The minimum Gasteiger partial charge on any atom is -0.401 e. The molecule has 1 aliphatic heterocycles. The number of rotatable bonds is 3. The van der Waals surface area contributed by atoms with E-state index in [0.29, 0.717) is 11.4 Å². The number of nitrogens with zero attached hydrogens (tertiary/aromatic N) is 2. The van der Waals surface area contributed by atoms with Crippen LogP contribution in [0.15, 0.2) is 21.5 Å². The number of amidine groups is 1. The molecule has 0 spiro atoms. The van der Waals surface area contributed by atoms with E-state index < -0.39 is 4.92 Å². The summed E-state index contributed by atoms with van der Waals surface area (Å²) in [4.78, 5) is 23.2. The van der Waals surface area contributed by atoms with Crippen LogP contribution in [0.25, 0.3) is 6.08 Å². The van der Waals surface area contributed by atoms with E-state index in [0.717, 1.165) is 11.8 Å². The number of hydrogen-bond acceptors (Lipinski definition) is 6. The van der Waals surface area contributed by atoms with E-state index in [1.54, 1.807) is 6.92 Å². The lowest BCUT2D eigenvalue weighted by molar-refractivity contribution is -0.402. The van der Waals surface area contributed by atoms with E-state index in [2.05, 4.69) is 0 Å². The zero-order chi connectivity index (χ0) is 13.3. The summed E-state index contributed by atoms with van der Waals surface area (Å²) in [6.45, 7) is 2.19. The molecule has 1 amide bonds. The maximum atomic E-state index is 11.8. The first-order valence-corrected chi connectivity index (χ1v) is 5.88. The number of carbonyl (C=O) groups is 1. The van der Waals surface area contributed by atoms with Crippen molar-refractivity contribution in [3.05, 3.63) is 32.9 Å². The molecule has 0 atom stereocenters. The minimum atomic E-state index is -0.647. The summed E-state index contributed by atoms with van der Waals surface area (Å²) in [5.41, 5.74) is 0. The predicted octanol–water partition coefficient (Wildman–Crippen LogP) is 2.06. The Morgan fingerprint density at radius 2 is 2.33 bits per heavy atom. The Labute approximate surface area is 106 Å². The average Bonchev–Trinajstić information content (AvgIpc) is 2.86. The predicted molar refractivity (Wildman–Crippen MR) is 66.0 cm³/mol. The number of hydrogen-bond donors (Lipinski definition) is 1. The Bertz CT molecular complexity index is 563. The highest BCUT2D eigenvalue weighted by Gasteiger charge is 2.31. The van der Waals surface area contributed by atoms with Crippen LogP contribution in [0.4, 0.5) is 5.88 Å². The van der Waals surface area contributed by atoms with Crippen LogP contribution in [0.5, 0.6) is 0 Å². The minimum absolute atomic E-state index is 0.148. The van der Waals surface area contributed by atoms with E-state index in [9.17, 15) is 14.9 Å². The lowest BCUT2D eigenvalue weighted by Crippen LogP contribution is -2.27. The molecular weight excluding hydrogens is 258 g/mol. The van der Waals surface area contributed by atoms with Crippen LogP contribution in [0, 0.1) is 15.5 Å². The van der Waals surface area contributed by atoms with Gasteiger partial charge in [0.05, 0.1) is 11.0 Å². The molecule has 1 fully saturated rings. The fourth-order valence-electron chi connectivity index (χ4n) is 1.45.